The van der Waals surface area contributed by atoms with Crippen LogP contribution in [0.25, 0.3) is 0 Å². The van der Waals surface area contributed by atoms with Crippen LogP contribution >= 0.6 is 0 Å². The van der Waals surface area contributed by atoms with Gasteiger partial charge in [0, 0.05) is 44.0 Å². The van der Waals surface area contributed by atoms with E-state index in [0.29, 0.717) is 18.2 Å². The van der Waals surface area contributed by atoms with E-state index in [9.17, 15) is 13.2 Å². The van der Waals surface area contributed by atoms with E-state index in [4.69, 9.17) is 0 Å². The summed E-state index contributed by atoms with van der Waals surface area (Å²) >= 11 is 0. The number of hydrogen-bond acceptors (Lipinski definition) is 5. The van der Waals surface area contributed by atoms with Crippen LogP contribution in [0.15, 0.2) is 24.3 Å². The molecule has 0 radical (unpaired) electrons. The van der Waals surface area contributed by atoms with Gasteiger partial charge in [0.1, 0.15) is 0 Å². The van der Waals surface area contributed by atoms with Crippen molar-refractivity contribution in [2.24, 2.45) is 5.92 Å². The Bertz CT molecular complexity index is 716. The first kappa shape index (κ1) is 20.3. The van der Waals surface area contributed by atoms with Gasteiger partial charge in [-0.3, -0.25) is 9.69 Å². The van der Waals surface area contributed by atoms with Gasteiger partial charge in [-0.2, -0.15) is 0 Å². The molecule has 0 N–H and O–H groups in total. The highest BCUT2D eigenvalue weighted by Crippen LogP contribution is 2.25. The van der Waals surface area contributed by atoms with Crippen molar-refractivity contribution in [2.75, 3.05) is 49.1 Å². The molecule has 0 spiro atoms. The Morgan fingerprint density at radius 3 is 2.22 bits per heavy atom. The van der Waals surface area contributed by atoms with Crippen LogP contribution in [0.2, 0.25) is 0 Å². The molecule has 1 saturated heterocycles. The summed E-state index contributed by atoms with van der Waals surface area (Å²) in [5, 5.41) is 0. The maximum absolute atomic E-state index is 12.4. The first-order chi connectivity index (χ1) is 12.9. The minimum Gasteiger partial charge on any atom is -0.369 e. The fourth-order valence-corrected chi connectivity index (χ4v) is 5.96. The van der Waals surface area contributed by atoms with Crippen LogP contribution < -0.4 is 4.90 Å². The zero-order valence-electron chi connectivity index (χ0n) is 16.4. The van der Waals surface area contributed by atoms with Crippen LogP contribution in [0.5, 0.6) is 0 Å². The van der Waals surface area contributed by atoms with Gasteiger partial charge in [0.2, 0.25) is 0 Å². The summed E-state index contributed by atoms with van der Waals surface area (Å²) in [4.78, 5) is 16.0. The summed E-state index contributed by atoms with van der Waals surface area (Å²) in [5.74, 6) is 1.14. The number of carbonyl (C=O) groups is 1. The second kappa shape index (κ2) is 9.20. The maximum Gasteiger partial charge on any atom is 0.159 e. The molecule has 0 aromatic heterocycles. The van der Waals surface area contributed by atoms with E-state index >= 15 is 0 Å². The topological polar surface area (TPSA) is 57.7 Å². The highest BCUT2D eigenvalue weighted by atomic mass is 32.2. The quantitative estimate of drug-likeness (QED) is 0.668. The van der Waals surface area contributed by atoms with Crippen molar-refractivity contribution >= 4 is 21.3 Å². The molecule has 6 heteroatoms. The second-order valence-electron chi connectivity index (χ2n) is 8.05. The first-order valence-electron chi connectivity index (χ1n) is 10.2. The Kier molecular flexibility index (Phi) is 6.93. The lowest BCUT2D eigenvalue weighted by atomic mass is 9.91. The van der Waals surface area contributed by atoms with Gasteiger partial charge in [0.15, 0.2) is 15.6 Å². The van der Waals surface area contributed by atoms with Crippen molar-refractivity contribution in [1.82, 2.24) is 4.90 Å². The predicted molar refractivity (Wildman–Crippen MR) is 110 cm³/mol. The molecule has 1 heterocycles. The molecule has 0 unspecified atom stereocenters. The lowest BCUT2D eigenvalue weighted by Gasteiger charge is -2.36. The molecule has 0 bridgehead atoms. The number of carbonyl (C=O) groups excluding carboxylic acids is 1. The number of rotatable bonds is 7. The molecule has 150 valence electrons. The van der Waals surface area contributed by atoms with E-state index in [0.717, 1.165) is 50.3 Å². The van der Waals surface area contributed by atoms with Crippen molar-refractivity contribution in [1.29, 1.82) is 0 Å². The van der Waals surface area contributed by atoms with Gasteiger partial charge in [-0.1, -0.05) is 19.3 Å². The zero-order chi connectivity index (χ0) is 19.3. The molecule has 1 aliphatic heterocycles. The Morgan fingerprint density at radius 1 is 1.00 bits per heavy atom. The van der Waals surface area contributed by atoms with Gasteiger partial charge in [0.05, 0.1) is 11.5 Å². The highest BCUT2D eigenvalue weighted by Gasteiger charge is 2.23. The Morgan fingerprint density at radius 2 is 1.63 bits per heavy atom. The molecular weight excluding hydrogens is 360 g/mol. The molecular formula is C21H32N2O3S. The summed E-state index contributed by atoms with van der Waals surface area (Å²) in [5.41, 5.74) is 1.87. The van der Waals surface area contributed by atoms with Crippen molar-refractivity contribution < 1.29 is 13.2 Å². The van der Waals surface area contributed by atoms with Gasteiger partial charge < -0.3 is 4.90 Å². The highest BCUT2D eigenvalue weighted by molar-refractivity contribution is 7.91. The van der Waals surface area contributed by atoms with E-state index in [1.807, 2.05) is 24.3 Å². The van der Waals surface area contributed by atoms with Gasteiger partial charge >= 0.3 is 0 Å². The van der Waals surface area contributed by atoms with E-state index in [1.54, 1.807) is 6.92 Å². The van der Waals surface area contributed by atoms with Crippen molar-refractivity contribution in [3.05, 3.63) is 29.8 Å². The average Bonchev–Trinajstić information content (AvgIpc) is 2.67. The first-order valence-corrected chi connectivity index (χ1v) is 12.0. The number of anilines is 1. The minimum absolute atomic E-state index is 0.0841. The Balaban J connectivity index is 1.43. The van der Waals surface area contributed by atoms with E-state index < -0.39 is 9.84 Å². The molecule has 1 aliphatic carbocycles. The zero-order valence-corrected chi connectivity index (χ0v) is 17.2. The van der Waals surface area contributed by atoms with Crippen molar-refractivity contribution in [2.45, 2.75) is 39.0 Å². The van der Waals surface area contributed by atoms with Crippen molar-refractivity contribution in [3.8, 4) is 0 Å². The number of hydrogen-bond donors (Lipinski definition) is 0. The summed E-state index contributed by atoms with van der Waals surface area (Å²) in [6, 6.07) is 7.76. The Hall–Kier alpha value is -1.40. The van der Waals surface area contributed by atoms with Crippen LogP contribution in [-0.2, 0) is 9.84 Å². The third-order valence-electron chi connectivity index (χ3n) is 5.94. The molecule has 1 aromatic rings. The largest absolute Gasteiger partial charge is 0.369 e. The SMILES string of the molecule is CC(=O)c1ccc(N2CCN(CCS(=O)(=O)CC3CCCCC3)CC2)cc1. The number of Topliss-reactive ketones (excluding diaryl/α,β-unsaturated/α-hetero) is 1. The van der Waals surface area contributed by atoms with Crippen LogP contribution in [0.4, 0.5) is 5.69 Å². The van der Waals surface area contributed by atoms with Crippen LogP contribution in [0, 0.1) is 5.92 Å². The molecule has 1 aromatic carbocycles. The molecule has 5 nitrogen and oxygen atoms in total. The number of piperazine rings is 1. The summed E-state index contributed by atoms with van der Waals surface area (Å²) in [7, 11) is -2.95. The van der Waals surface area contributed by atoms with Gasteiger partial charge in [-0.15, -0.1) is 0 Å². The second-order valence-corrected chi connectivity index (χ2v) is 10.3. The Labute approximate surface area is 163 Å². The normalized spacial score (nSPS) is 20.0. The van der Waals surface area contributed by atoms with Gasteiger partial charge in [-0.05, 0) is 49.9 Å². The minimum atomic E-state index is -2.95. The van der Waals surface area contributed by atoms with E-state index in [2.05, 4.69) is 9.80 Å². The summed E-state index contributed by atoms with van der Waals surface area (Å²) < 4.78 is 24.9. The average molecular weight is 393 g/mol. The van der Waals surface area contributed by atoms with Gasteiger partial charge in [0.25, 0.3) is 0 Å². The van der Waals surface area contributed by atoms with Crippen molar-refractivity contribution in [3.63, 3.8) is 0 Å². The third kappa shape index (κ3) is 6.04. The molecule has 0 amide bonds. The van der Waals surface area contributed by atoms with Crippen LogP contribution in [-0.4, -0.2) is 63.3 Å². The number of benzene rings is 1. The molecule has 1 saturated carbocycles. The third-order valence-corrected chi connectivity index (χ3v) is 7.73. The standard InChI is InChI=1S/C21H32N2O3S/c1-18(24)20-7-9-21(10-8-20)23-13-11-22(12-14-23)15-16-27(25,26)17-19-5-3-2-4-6-19/h7-10,19H,2-6,11-17H2,1H3. The van der Waals surface area contributed by atoms with Crippen LogP contribution in [0.3, 0.4) is 0 Å². The lowest BCUT2D eigenvalue weighted by Crippen LogP contribution is -2.47. The summed E-state index contributed by atoms with van der Waals surface area (Å²) in [6.07, 6.45) is 5.81. The monoisotopic (exact) mass is 392 g/mol. The summed E-state index contributed by atoms with van der Waals surface area (Å²) in [6.45, 7) is 5.77. The van der Waals surface area contributed by atoms with E-state index in [-0.39, 0.29) is 11.5 Å². The lowest BCUT2D eigenvalue weighted by molar-refractivity contribution is 0.101. The van der Waals surface area contributed by atoms with E-state index in [1.165, 1.54) is 19.3 Å². The van der Waals surface area contributed by atoms with Crippen LogP contribution in [0.1, 0.15) is 49.4 Å². The molecule has 0 atom stereocenters. The number of ketones is 1. The molecule has 2 fully saturated rings. The maximum atomic E-state index is 12.4. The fraction of sp³-hybridized carbons (Fsp3) is 0.667. The molecule has 2 aliphatic rings. The number of sulfone groups is 1. The van der Waals surface area contributed by atoms with Gasteiger partial charge in [-0.25, -0.2) is 8.42 Å². The smallest absolute Gasteiger partial charge is 0.159 e. The predicted octanol–water partition coefficient (Wildman–Crippen LogP) is 3.01. The fourth-order valence-electron chi connectivity index (χ4n) is 4.20. The molecule has 27 heavy (non-hydrogen) atoms. The number of nitrogens with zero attached hydrogens (tertiary/aromatic N) is 2. The molecule has 3 rings (SSSR count).